The molecule has 0 saturated heterocycles. The van der Waals surface area contributed by atoms with Gasteiger partial charge in [0.2, 0.25) is 18.0 Å². The first-order valence-electron chi connectivity index (χ1n) is 10.7. The van der Waals surface area contributed by atoms with E-state index in [9.17, 15) is 14.4 Å². The number of anilines is 1. The monoisotopic (exact) mass is 432 g/mol. The summed E-state index contributed by atoms with van der Waals surface area (Å²) in [6, 6.07) is 16.2. The molecule has 0 unspecified atom stereocenters. The number of hydrogen-bond acceptors (Lipinski definition) is 4. The van der Waals surface area contributed by atoms with E-state index in [1.165, 1.54) is 4.90 Å². The van der Waals surface area contributed by atoms with Crippen molar-refractivity contribution in [3.63, 3.8) is 0 Å². The molecule has 0 bridgehead atoms. The van der Waals surface area contributed by atoms with E-state index in [2.05, 4.69) is 15.6 Å². The van der Waals surface area contributed by atoms with Gasteiger partial charge >= 0.3 is 0 Å². The fourth-order valence-electron chi connectivity index (χ4n) is 3.43. The number of hydrogen-bond donors (Lipinski definition) is 2. The number of benzodiazepines with no additional fused rings is 1. The van der Waals surface area contributed by atoms with Crippen LogP contribution in [0.2, 0.25) is 0 Å². The first-order valence-corrected chi connectivity index (χ1v) is 10.7. The minimum absolute atomic E-state index is 0.197. The van der Waals surface area contributed by atoms with Crippen LogP contribution >= 0.6 is 0 Å². The van der Waals surface area contributed by atoms with Crippen molar-refractivity contribution in [3.05, 3.63) is 77.9 Å². The molecule has 1 heterocycles. The molecule has 0 radical (unpaired) electrons. The third-order valence-electron chi connectivity index (χ3n) is 5.15. The zero-order chi connectivity index (χ0) is 23.1. The summed E-state index contributed by atoms with van der Waals surface area (Å²) in [6.07, 6.45) is 3.57. The lowest BCUT2D eigenvalue weighted by atomic mass is 10.0. The van der Waals surface area contributed by atoms with Crippen molar-refractivity contribution >= 4 is 29.1 Å². The zero-order valence-electron chi connectivity index (χ0n) is 18.5. The molecule has 7 heteroatoms. The van der Waals surface area contributed by atoms with Crippen molar-refractivity contribution in [3.8, 4) is 0 Å². The maximum atomic E-state index is 13.1. The molecule has 3 amide bonds. The van der Waals surface area contributed by atoms with Gasteiger partial charge in [0.25, 0.3) is 5.91 Å². The Hall–Kier alpha value is -3.74. The van der Waals surface area contributed by atoms with E-state index >= 15 is 0 Å². The van der Waals surface area contributed by atoms with Gasteiger partial charge in [-0.05, 0) is 19.4 Å². The Morgan fingerprint density at radius 3 is 2.50 bits per heavy atom. The van der Waals surface area contributed by atoms with Gasteiger partial charge in [-0.25, -0.2) is 4.99 Å². The molecule has 2 N–H and O–H groups in total. The predicted molar refractivity (Wildman–Crippen MR) is 126 cm³/mol. The molecule has 3 rings (SSSR count). The number of carbonyl (C=O) groups is 3. The van der Waals surface area contributed by atoms with Gasteiger partial charge in [0, 0.05) is 24.6 Å². The van der Waals surface area contributed by atoms with Crippen LogP contribution in [-0.4, -0.2) is 42.7 Å². The molecule has 0 spiro atoms. The number of allylic oxidation sites excluding steroid dienone is 1. The Kier molecular flexibility index (Phi) is 7.54. The van der Waals surface area contributed by atoms with Gasteiger partial charge in [0.15, 0.2) is 0 Å². The van der Waals surface area contributed by atoms with Gasteiger partial charge in [0.05, 0.1) is 11.4 Å². The smallest absolute Gasteiger partial charge is 0.272 e. The summed E-state index contributed by atoms with van der Waals surface area (Å²) in [6.45, 7) is 3.56. The number of fused-ring (bicyclic) bond motifs is 1. The highest BCUT2D eigenvalue weighted by Crippen LogP contribution is 2.27. The van der Waals surface area contributed by atoms with Gasteiger partial charge in [-0.15, -0.1) is 0 Å². The molecule has 32 heavy (non-hydrogen) atoms. The molecule has 0 aromatic heterocycles. The molecule has 0 saturated carbocycles. The third-order valence-corrected chi connectivity index (χ3v) is 5.15. The van der Waals surface area contributed by atoms with E-state index in [0.717, 1.165) is 17.5 Å². The maximum Gasteiger partial charge on any atom is 0.272 e. The van der Waals surface area contributed by atoms with Gasteiger partial charge in [0.1, 0.15) is 6.04 Å². The molecule has 0 fully saturated rings. The van der Waals surface area contributed by atoms with E-state index in [4.69, 9.17) is 0 Å². The molecular weight excluding hydrogens is 404 g/mol. The number of para-hydroxylation sites is 1. The largest absolute Gasteiger partial charge is 0.344 e. The van der Waals surface area contributed by atoms with Crippen LogP contribution in [0.15, 0.2) is 71.7 Å². The van der Waals surface area contributed by atoms with Crippen LogP contribution in [0.25, 0.3) is 0 Å². The predicted octanol–water partition coefficient (Wildman–Crippen LogP) is 2.80. The minimum atomic E-state index is -1.12. The number of likely N-dealkylation sites (N-methyl/N-ethyl adjacent to an activating group) is 1. The second-order valence-corrected chi connectivity index (χ2v) is 7.54. The van der Waals surface area contributed by atoms with Gasteiger partial charge < -0.3 is 15.5 Å². The van der Waals surface area contributed by atoms with Crippen LogP contribution in [0, 0.1) is 0 Å². The Bertz CT molecular complexity index is 1050. The Balaban J connectivity index is 1.86. The quantitative estimate of drug-likeness (QED) is 0.659. The van der Waals surface area contributed by atoms with Crippen LogP contribution < -0.4 is 15.5 Å². The second-order valence-electron chi connectivity index (χ2n) is 7.54. The molecule has 1 aliphatic rings. The Morgan fingerprint density at radius 2 is 1.78 bits per heavy atom. The van der Waals surface area contributed by atoms with E-state index in [0.29, 0.717) is 11.4 Å². The molecule has 2 aromatic carbocycles. The lowest BCUT2D eigenvalue weighted by Gasteiger charge is -2.22. The van der Waals surface area contributed by atoms with Crippen molar-refractivity contribution in [1.82, 2.24) is 10.6 Å². The van der Waals surface area contributed by atoms with Crippen LogP contribution in [0.3, 0.4) is 0 Å². The van der Waals surface area contributed by atoms with Crippen molar-refractivity contribution in [2.45, 2.75) is 38.9 Å². The molecule has 1 aliphatic heterocycles. The normalized spacial score (nSPS) is 16.7. The fourth-order valence-corrected chi connectivity index (χ4v) is 3.43. The maximum absolute atomic E-state index is 13.1. The van der Waals surface area contributed by atoms with Gasteiger partial charge in [-0.3, -0.25) is 14.4 Å². The van der Waals surface area contributed by atoms with Crippen LogP contribution in [0.5, 0.6) is 0 Å². The van der Waals surface area contributed by atoms with Crippen molar-refractivity contribution < 1.29 is 14.4 Å². The Morgan fingerprint density at radius 1 is 1.09 bits per heavy atom. The molecule has 166 valence electrons. The van der Waals surface area contributed by atoms with Gasteiger partial charge in [-0.1, -0.05) is 67.6 Å². The lowest BCUT2D eigenvalue weighted by Crippen LogP contribution is -2.52. The summed E-state index contributed by atoms with van der Waals surface area (Å²) in [5, 5.41) is 5.35. The summed E-state index contributed by atoms with van der Waals surface area (Å²) in [4.78, 5) is 44.1. The van der Waals surface area contributed by atoms with E-state index in [1.54, 1.807) is 20.0 Å². The third kappa shape index (κ3) is 5.29. The fraction of sp³-hybridized carbons (Fsp3) is 0.280. The summed E-state index contributed by atoms with van der Waals surface area (Å²) >= 11 is 0. The topological polar surface area (TPSA) is 90.9 Å². The highest BCUT2D eigenvalue weighted by molar-refractivity contribution is 6.20. The summed E-state index contributed by atoms with van der Waals surface area (Å²) in [7, 11) is 1.66. The Labute approximate surface area is 188 Å². The van der Waals surface area contributed by atoms with Crippen LogP contribution in [-0.2, 0) is 14.4 Å². The summed E-state index contributed by atoms with van der Waals surface area (Å²) in [5.41, 5.74) is 2.97. The van der Waals surface area contributed by atoms with Crippen LogP contribution in [0.1, 0.15) is 37.8 Å². The number of nitrogens with one attached hydrogen (secondary N) is 2. The number of aliphatic imine (C=N–C) groups is 1. The second kappa shape index (κ2) is 10.5. The minimum Gasteiger partial charge on any atom is -0.344 e. The first-order chi connectivity index (χ1) is 15.4. The number of rotatable bonds is 7. The lowest BCUT2D eigenvalue weighted by molar-refractivity contribution is -0.130. The van der Waals surface area contributed by atoms with Crippen molar-refractivity contribution in [1.29, 1.82) is 0 Å². The number of nitrogens with zero attached hydrogens (tertiary/aromatic N) is 2. The zero-order valence-corrected chi connectivity index (χ0v) is 18.5. The van der Waals surface area contributed by atoms with Gasteiger partial charge in [-0.2, -0.15) is 0 Å². The first kappa shape index (κ1) is 22.9. The van der Waals surface area contributed by atoms with E-state index < -0.39 is 18.1 Å². The van der Waals surface area contributed by atoms with Crippen molar-refractivity contribution in [2.24, 2.45) is 4.99 Å². The standard InChI is InChI=1S/C25H28N4O3/c1-4-5-7-16-21(30)26-17(2)24(31)28-23-25(32)29(3)20-15-11-10-14-19(20)22(27-23)18-12-8-6-9-13-18/h5-15,17,23H,4,16H2,1-3H3,(H,26,30)(H,28,31)/b7-5+/t17-,23+/m0/s1. The summed E-state index contributed by atoms with van der Waals surface area (Å²) < 4.78 is 0. The highest BCUT2D eigenvalue weighted by atomic mass is 16.2. The SMILES string of the molecule is CC/C=C/CC(=O)N[C@@H](C)C(=O)N[C@H]1N=C(c2ccccc2)c2ccccc2N(C)C1=O. The number of amides is 3. The van der Waals surface area contributed by atoms with E-state index in [-0.39, 0.29) is 18.2 Å². The molecular formula is C25H28N4O3. The molecule has 2 aromatic rings. The highest BCUT2D eigenvalue weighted by Gasteiger charge is 2.32. The average Bonchev–Trinajstić information content (AvgIpc) is 2.90. The van der Waals surface area contributed by atoms with E-state index in [1.807, 2.05) is 67.6 Å². The molecule has 0 aliphatic carbocycles. The molecule has 7 nitrogen and oxygen atoms in total. The number of carbonyl (C=O) groups excluding carboxylic acids is 3. The summed E-state index contributed by atoms with van der Waals surface area (Å²) in [5.74, 6) is -1.10. The molecule has 2 atom stereocenters. The van der Waals surface area contributed by atoms with Crippen LogP contribution in [0.4, 0.5) is 5.69 Å². The number of benzene rings is 2. The average molecular weight is 433 g/mol. The van der Waals surface area contributed by atoms with Crippen molar-refractivity contribution in [2.75, 3.05) is 11.9 Å².